The molecule has 3 aromatic heterocycles. The summed E-state index contributed by atoms with van der Waals surface area (Å²) in [5.74, 6) is 1.98. The summed E-state index contributed by atoms with van der Waals surface area (Å²) in [4.78, 5) is 26.3. The summed E-state index contributed by atoms with van der Waals surface area (Å²) >= 11 is -2.02. The first-order valence-corrected chi connectivity index (χ1v) is 11.8. The molecule has 0 spiro atoms. The Morgan fingerprint density at radius 1 is 1.15 bits per heavy atom. The van der Waals surface area contributed by atoms with E-state index in [4.69, 9.17) is 9.54 Å². The van der Waals surface area contributed by atoms with Crippen molar-refractivity contribution in [1.82, 2.24) is 29.6 Å². The van der Waals surface area contributed by atoms with E-state index in [0.717, 1.165) is 11.3 Å². The summed E-state index contributed by atoms with van der Waals surface area (Å²) < 4.78 is 36.6. The van der Waals surface area contributed by atoms with Gasteiger partial charge in [0.05, 0.1) is 11.7 Å². The molecule has 1 fully saturated rings. The van der Waals surface area contributed by atoms with Crippen LogP contribution in [0.3, 0.4) is 0 Å². The zero-order valence-electron chi connectivity index (χ0n) is 17.9. The van der Waals surface area contributed by atoms with Crippen LogP contribution in [0.2, 0.25) is 0 Å². The van der Waals surface area contributed by atoms with Crippen LogP contribution in [-0.4, -0.2) is 59.9 Å². The average Bonchev–Trinajstić information content (AvgIpc) is 2.78. The Balaban J connectivity index is 1.33. The van der Waals surface area contributed by atoms with Gasteiger partial charge in [-0.3, -0.25) is 4.55 Å². The number of hydrogen-bond donors (Lipinski definition) is 2. The molecule has 1 saturated heterocycles. The topological polar surface area (TPSA) is 120 Å². The smallest absolute Gasteiger partial charge is 0.231 e. The zero-order chi connectivity index (χ0) is 22.9. The number of nitrogens with one attached hydrogen (secondary N) is 1. The molecule has 2 N–H and O–H groups in total. The highest BCUT2D eigenvalue weighted by molar-refractivity contribution is 7.77. The summed E-state index contributed by atoms with van der Waals surface area (Å²) in [6.07, 6.45) is 5.79. The van der Waals surface area contributed by atoms with Crippen LogP contribution in [0.4, 0.5) is 16.0 Å². The molecular weight excluding hydrogens is 447 g/mol. The highest BCUT2D eigenvalue weighted by atomic mass is 32.2. The quantitative estimate of drug-likeness (QED) is 0.519. The lowest BCUT2D eigenvalue weighted by Crippen LogP contribution is -2.51. The van der Waals surface area contributed by atoms with Crippen LogP contribution in [0, 0.1) is 11.7 Å². The fraction of sp³-hybridized carbons (Fsp3) is 0.381. The number of aromatic nitrogens is 5. The lowest BCUT2D eigenvalue weighted by molar-refractivity contribution is 0.400. The van der Waals surface area contributed by atoms with Crippen molar-refractivity contribution >= 4 is 22.9 Å². The predicted octanol–water partition coefficient (Wildman–Crippen LogP) is 1.75. The normalized spacial score (nSPS) is 19.2. The number of pyridine rings is 1. The minimum Gasteiger partial charge on any atom is -0.356 e. The van der Waals surface area contributed by atoms with E-state index < -0.39 is 11.3 Å². The molecule has 2 aliphatic heterocycles. The molecule has 10 nitrogen and oxygen atoms in total. The molecule has 0 aliphatic carbocycles. The van der Waals surface area contributed by atoms with Crippen LogP contribution in [-0.2, 0) is 17.7 Å². The molecule has 2 aliphatic rings. The van der Waals surface area contributed by atoms with Gasteiger partial charge in [0, 0.05) is 74.8 Å². The Morgan fingerprint density at radius 2 is 1.91 bits per heavy atom. The highest BCUT2D eigenvalue weighted by Crippen LogP contribution is 2.34. The van der Waals surface area contributed by atoms with E-state index in [0.29, 0.717) is 55.9 Å². The van der Waals surface area contributed by atoms with Gasteiger partial charge in [0.25, 0.3) is 0 Å². The standard InChI is InChI=1S/C21H23FN8O2S/c1-13-16-10-25-21(20-23-4-2-5-24-20)27-17(16)3-6-30(13)19-8-15(22)7-18(28-19)29-11-14(12-29)9-26-33(31)32/h2,4-5,7-8,10,13-14,26H,3,6,9,11-12H2,1H3,(H,31,32). The van der Waals surface area contributed by atoms with E-state index in [1.807, 2.05) is 11.8 Å². The third-order valence-corrected chi connectivity index (χ3v) is 6.42. The number of nitrogens with zero attached hydrogens (tertiary/aromatic N) is 7. The van der Waals surface area contributed by atoms with Gasteiger partial charge in [-0.2, -0.15) is 0 Å². The molecule has 12 heteroatoms. The fourth-order valence-electron chi connectivity index (χ4n) is 4.25. The van der Waals surface area contributed by atoms with E-state index in [1.54, 1.807) is 24.7 Å². The first-order chi connectivity index (χ1) is 16.0. The molecule has 33 heavy (non-hydrogen) atoms. The summed E-state index contributed by atoms with van der Waals surface area (Å²) in [7, 11) is 0. The molecule has 0 bridgehead atoms. The van der Waals surface area contributed by atoms with Crippen molar-refractivity contribution in [3.8, 4) is 11.6 Å². The largest absolute Gasteiger partial charge is 0.356 e. The maximum absolute atomic E-state index is 14.5. The Labute approximate surface area is 192 Å². The van der Waals surface area contributed by atoms with Crippen molar-refractivity contribution < 1.29 is 13.2 Å². The van der Waals surface area contributed by atoms with Crippen LogP contribution in [0.5, 0.6) is 0 Å². The molecule has 0 amide bonds. The lowest BCUT2D eigenvalue weighted by atomic mass is 9.99. The first-order valence-electron chi connectivity index (χ1n) is 10.6. The molecule has 5 rings (SSSR count). The summed E-state index contributed by atoms with van der Waals surface area (Å²) in [5.41, 5.74) is 1.91. The van der Waals surface area contributed by atoms with Gasteiger partial charge in [0.2, 0.25) is 11.3 Å². The van der Waals surface area contributed by atoms with Gasteiger partial charge in [-0.1, -0.05) is 0 Å². The Bertz CT molecular complexity index is 1180. The predicted molar refractivity (Wildman–Crippen MR) is 121 cm³/mol. The van der Waals surface area contributed by atoms with Crippen molar-refractivity contribution in [1.29, 1.82) is 0 Å². The third kappa shape index (κ3) is 4.54. The van der Waals surface area contributed by atoms with Gasteiger partial charge in [0.15, 0.2) is 11.6 Å². The summed E-state index contributed by atoms with van der Waals surface area (Å²) in [5, 5.41) is 0. The van der Waals surface area contributed by atoms with E-state index in [2.05, 4.69) is 29.6 Å². The summed E-state index contributed by atoms with van der Waals surface area (Å²) in [6.45, 7) is 4.41. The van der Waals surface area contributed by atoms with E-state index in [9.17, 15) is 8.60 Å². The van der Waals surface area contributed by atoms with Crippen molar-refractivity contribution in [3.63, 3.8) is 0 Å². The van der Waals surface area contributed by atoms with E-state index >= 15 is 0 Å². The number of halogens is 1. The molecule has 3 aromatic rings. The molecule has 5 heterocycles. The van der Waals surface area contributed by atoms with E-state index in [1.165, 1.54) is 12.1 Å². The first kappa shape index (κ1) is 21.7. The minimum absolute atomic E-state index is 0.0745. The zero-order valence-corrected chi connectivity index (χ0v) is 18.7. The van der Waals surface area contributed by atoms with Crippen LogP contribution >= 0.6 is 0 Å². The minimum atomic E-state index is -2.02. The molecule has 0 radical (unpaired) electrons. The monoisotopic (exact) mass is 470 g/mol. The number of rotatable bonds is 6. The molecule has 2 unspecified atom stereocenters. The van der Waals surface area contributed by atoms with Gasteiger partial charge in [-0.15, -0.1) is 0 Å². The van der Waals surface area contributed by atoms with Gasteiger partial charge < -0.3 is 9.80 Å². The average molecular weight is 471 g/mol. The van der Waals surface area contributed by atoms with Crippen molar-refractivity contribution in [2.24, 2.45) is 5.92 Å². The van der Waals surface area contributed by atoms with Crippen LogP contribution < -0.4 is 14.5 Å². The van der Waals surface area contributed by atoms with Gasteiger partial charge in [-0.05, 0) is 13.0 Å². The Kier molecular flexibility index (Phi) is 5.96. The number of anilines is 2. The third-order valence-electron chi connectivity index (χ3n) is 6.01. The lowest BCUT2D eigenvalue weighted by Gasteiger charge is -2.41. The number of fused-ring (bicyclic) bond motifs is 1. The number of hydrogen-bond acceptors (Lipinski definition) is 8. The molecule has 0 aromatic carbocycles. The molecule has 172 valence electrons. The maximum atomic E-state index is 14.5. The SMILES string of the molecule is CC1c2cnc(-c3ncccn3)nc2CCN1c1cc(F)cc(N2CC(CNS(=O)O)C2)n1. The van der Waals surface area contributed by atoms with Crippen molar-refractivity contribution in [3.05, 3.63) is 53.9 Å². The van der Waals surface area contributed by atoms with Gasteiger partial charge in [-0.25, -0.2) is 38.2 Å². The van der Waals surface area contributed by atoms with Crippen molar-refractivity contribution in [2.75, 3.05) is 36.0 Å². The van der Waals surface area contributed by atoms with E-state index in [-0.39, 0.29) is 17.8 Å². The second kappa shape index (κ2) is 9.04. The Morgan fingerprint density at radius 3 is 2.67 bits per heavy atom. The molecular formula is C21H23FN8O2S. The van der Waals surface area contributed by atoms with Crippen LogP contribution in [0.25, 0.3) is 11.6 Å². The van der Waals surface area contributed by atoms with Crippen LogP contribution in [0.15, 0.2) is 36.8 Å². The maximum Gasteiger partial charge on any atom is 0.231 e. The summed E-state index contributed by atoms with van der Waals surface area (Å²) in [6, 6.07) is 4.55. The Hall–Kier alpha value is -3.09. The highest BCUT2D eigenvalue weighted by Gasteiger charge is 2.31. The van der Waals surface area contributed by atoms with Crippen molar-refractivity contribution in [2.45, 2.75) is 19.4 Å². The second-order valence-corrected chi connectivity index (χ2v) is 8.94. The molecule has 0 saturated carbocycles. The fourth-order valence-corrected chi connectivity index (χ4v) is 4.63. The van der Waals surface area contributed by atoms with Gasteiger partial charge in [0.1, 0.15) is 17.5 Å². The molecule has 2 atom stereocenters. The van der Waals surface area contributed by atoms with Gasteiger partial charge >= 0.3 is 0 Å². The second-order valence-electron chi connectivity index (χ2n) is 8.16. The van der Waals surface area contributed by atoms with Crippen LogP contribution in [0.1, 0.15) is 24.2 Å².